The lowest BCUT2D eigenvalue weighted by atomic mass is 9.91. The van der Waals surface area contributed by atoms with Crippen LogP contribution in [0.1, 0.15) is 79.6 Å². The number of fused-ring (bicyclic) bond motifs is 2. The van der Waals surface area contributed by atoms with Crippen LogP contribution in [0, 0.1) is 13.8 Å². The van der Waals surface area contributed by atoms with E-state index < -0.39 is 54.8 Å². The van der Waals surface area contributed by atoms with Crippen LogP contribution in [0.25, 0.3) is 11.0 Å². The lowest BCUT2D eigenvalue weighted by Crippen LogP contribution is -2.37. The number of aryl methyl sites for hydroxylation is 2. The summed E-state index contributed by atoms with van der Waals surface area (Å²) in [6, 6.07) is 5.91. The van der Waals surface area contributed by atoms with Crippen LogP contribution in [0.5, 0.6) is 0 Å². The zero-order chi connectivity index (χ0) is 30.3. The van der Waals surface area contributed by atoms with Gasteiger partial charge < -0.3 is 14.5 Å². The first-order chi connectivity index (χ1) is 18.8. The molecular weight excluding hydrogens is 392 g/mol. The Labute approximate surface area is 195 Å². The molecule has 164 valence electrons. The van der Waals surface area contributed by atoms with Crippen LogP contribution in [0.3, 0.4) is 0 Å². The van der Waals surface area contributed by atoms with Gasteiger partial charge >= 0.3 is 0 Å². The van der Waals surface area contributed by atoms with Gasteiger partial charge in [-0.25, -0.2) is 4.98 Å². The van der Waals surface area contributed by atoms with Crippen molar-refractivity contribution in [3.05, 3.63) is 56.9 Å². The van der Waals surface area contributed by atoms with E-state index in [1.54, 1.807) is 0 Å². The molecule has 31 heavy (non-hydrogen) atoms. The Morgan fingerprint density at radius 1 is 1.39 bits per heavy atom. The number of aromatic nitrogens is 3. The van der Waals surface area contributed by atoms with E-state index in [0.717, 1.165) is 35.1 Å². The molecule has 2 aromatic heterocycles. The summed E-state index contributed by atoms with van der Waals surface area (Å²) >= 11 is 0. The summed E-state index contributed by atoms with van der Waals surface area (Å²) in [5.41, 5.74) is 0.224. The predicted molar refractivity (Wildman–Crippen MR) is 118 cm³/mol. The number of piperidine rings is 1. The van der Waals surface area contributed by atoms with Gasteiger partial charge in [0.2, 0.25) is 0 Å². The molecule has 0 saturated carbocycles. The summed E-state index contributed by atoms with van der Waals surface area (Å²) in [6.07, 6.45) is -9.38. The fraction of sp³-hybridized carbons (Fsp3) is 0.542. The van der Waals surface area contributed by atoms with E-state index >= 15 is 0 Å². The summed E-state index contributed by atoms with van der Waals surface area (Å²) in [5, 5.41) is 15.9. The average molecular weight is 433 g/mol. The maximum atomic E-state index is 13.6. The molecule has 1 N–H and O–H groups in total. The Morgan fingerprint density at radius 3 is 3.03 bits per heavy atom. The standard InChI is InChI=1S/C24H30N4O3/c1-15-5-6-19-21(14-15)31-26-22(19)17-7-11-27(12-8-17)13-9-18-16(2)25-23-20(29)4-3-10-28(23)24(18)30/h5-6,14,17,20,29H,3-4,7-13H2,1-2H3/i2D3,3D2,4D2,10D2,20D. The third-order valence-electron chi connectivity index (χ3n) is 6.04. The Morgan fingerprint density at radius 2 is 2.23 bits per heavy atom. The van der Waals surface area contributed by atoms with Crippen LogP contribution in [-0.4, -0.2) is 44.3 Å². The molecule has 0 bridgehead atoms. The number of rotatable bonds is 4. The van der Waals surface area contributed by atoms with Gasteiger partial charge in [-0.05, 0) is 76.6 Å². The number of hydrogen-bond donors (Lipinski definition) is 1. The number of hydrogen-bond acceptors (Lipinski definition) is 6. The SMILES string of the molecule is [2H]C([2H])([2H])c1nc2n(c(=O)c1CCN1CCC(c3noc4cc(C)ccc34)CC1)C([2H])([2H])C([2H])([2H])C([2H])([2H])C2([2H])O. The van der Waals surface area contributed by atoms with Crippen LogP contribution in [0.2, 0.25) is 0 Å². The van der Waals surface area contributed by atoms with Gasteiger partial charge in [0.1, 0.15) is 11.9 Å². The molecule has 0 aliphatic carbocycles. The van der Waals surface area contributed by atoms with Crippen molar-refractivity contribution in [1.29, 1.82) is 0 Å². The highest BCUT2D eigenvalue weighted by atomic mass is 16.5. The smallest absolute Gasteiger partial charge is 0.257 e. The quantitative estimate of drug-likeness (QED) is 0.681. The van der Waals surface area contributed by atoms with Gasteiger partial charge in [-0.3, -0.25) is 9.36 Å². The monoisotopic (exact) mass is 432 g/mol. The number of nitrogens with zero attached hydrogens (tertiary/aromatic N) is 4. The lowest BCUT2D eigenvalue weighted by Gasteiger charge is -2.31. The van der Waals surface area contributed by atoms with Crippen molar-refractivity contribution < 1.29 is 23.3 Å². The molecule has 1 saturated heterocycles. The van der Waals surface area contributed by atoms with E-state index in [2.05, 4.69) is 10.1 Å². The molecule has 1 aromatic carbocycles. The lowest BCUT2D eigenvalue weighted by molar-refractivity contribution is 0.129. The van der Waals surface area contributed by atoms with Gasteiger partial charge in [-0.15, -0.1) is 0 Å². The van der Waals surface area contributed by atoms with Crippen LogP contribution in [-0.2, 0) is 12.9 Å². The van der Waals surface area contributed by atoms with Crippen LogP contribution in [0.15, 0.2) is 27.5 Å². The van der Waals surface area contributed by atoms with Crippen molar-refractivity contribution in [3.63, 3.8) is 0 Å². The van der Waals surface area contributed by atoms with Crippen molar-refractivity contribution >= 4 is 11.0 Å². The van der Waals surface area contributed by atoms with E-state index in [-0.39, 0.29) is 23.5 Å². The average Bonchev–Trinajstić information content (AvgIpc) is 3.29. The first-order valence-electron chi connectivity index (χ1n) is 15.3. The molecule has 1 fully saturated rings. The van der Waals surface area contributed by atoms with Crippen molar-refractivity contribution in [3.8, 4) is 0 Å². The highest BCUT2D eigenvalue weighted by Gasteiger charge is 2.26. The Hall–Kier alpha value is -2.51. The van der Waals surface area contributed by atoms with E-state index in [1.165, 1.54) is 0 Å². The second-order valence-corrected chi connectivity index (χ2v) is 8.05. The Bertz CT molecular complexity index is 1560. The number of benzene rings is 1. The van der Waals surface area contributed by atoms with Crippen LogP contribution < -0.4 is 5.56 Å². The molecule has 1 unspecified atom stereocenters. The summed E-state index contributed by atoms with van der Waals surface area (Å²) in [7, 11) is 0. The molecule has 7 nitrogen and oxygen atoms in total. The van der Waals surface area contributed by atoms with E-state index in [1.807, 2.05) is 30.0 Å². The molecule has 2 aliphatic heterocycles. The molecule has 3 aromatic rings. The fourth-order valence-electron chi connectivity index (χ4n) is 4.30. The first kappa shape index (κ1) is 11.9. The zero-order valence-corrected chi connectivity index (χ0v) is 17.1. The minimum absolute atomic E-state index is 0.107. The van der Waals surface area contributed by atoms with E-state index in [0.29, 0.717) is 13.1 Å². The number of aliphatic hydroxyl groups is 1. The van der Waals surface area contributed by atoms with Gasteiger partial charge in [-0.1, -0.05) is 11.2 Å². The highest BCUT2D eigenvalue weighted by molar-refractivity contribution is 5.80. The normalized spacial score (nSPS) is 32.7. The van der Waals surface area contributed by atoms with Crippen molar-refractivity contribution in [2.45, 2.75) is 64.3 Å². The maximum Gasteiger partial charge on any atom is 0.257 e. The topological polar surface area (TPSA) is 84.4 Å². The van der Waals surface area contributed by atoms with Gasteiger partial charge in [0.25, 0.3) is 5.56 Å². The predicted octanol–water partition coefficient (Wildman–Crippen LogP) is 3.25. The molecule has 1 atom stereocenters. The summed E-state index contributed by atoms with van der Waals surface area (Å²) in [4.78, 5) is 19.4. The third kappa shape index (κ3) is 3.81. The van der Waals surface area contributed by atoms with Crippen molar-refractivity contribution in [2.24, 2.45) is 0 Å². The Balaban J connectivity index is 1.43. The summed E-state index contributed by atoms with van der Waals surface area (Å²) in [5.74, 6) is -1.05. The Kier molecular flexibility index (Phi) is 3.16. The molecule has 2 aliphatic rings. The fourth-order valence-corrected chi connectivity index (χ4v) is 4.30. The minimum atomic E-state index is -3.57. The van der Waals surface area contributed by atoms with E-state index in [4.69, 9.17) is 18.2 Å². The van der Waals surface area contributed by atoms with Crippen LogP contribution >= 0.6 is 0 Å². The highest BCUT2D eigenvalue weighted by Crippen LogP contribution is 2.33. The molecule has 4 heterocycles. The molecule has 0 radical (unpaired) electrons. The van der Waals surface area contributed by atoms with E-state index in [9.17, 15) is 9.90 Å². The molecule has 0 spiro atoms. The molecular formula is C24H30N4O3. The largest absolute Gasteiger partial charge is 0.385 e. The molecule has 5 rings (SSSR count). The second kappa shape index (κ2) is 8.20. The van der Waals surface area contributed by atoms with Crippen molar-refractivity contribution in [2.75, 3.05) is 19.6 Å². The molecule has 0 amide bonds. The van der Waals surface area contributed by atoms with Gasteiger partial charge in [0.15, 0.2) is 5.58 Å². The summed E-state index contributed by atoms with van der Waals surface area (Å²) in [6.45, 7) is -3.00. The molecule has 7 heteroatoms. The zero-order valence-electron chi connectivity index (χ0n) is 27.1. The summed E-state index contributed by atoms with van der Waals surface area (Å²) < 4.78 is 86.4. The van der Waals surface area contributed by atoms with Gasteiger partial charge in [0.05, 0.1) is 7.06 Å². The first-order valence-corrected chi connectivity index (χ1v) is 10.3. The van der Waals surface area contributed by atoms with Crippen LogP contribution in [0.4, 0.5) is 0 Å². The van der Waals surface area contributed by atoms with Gasteiger partial charge in [-0.2, -0.15) is 0 Å². The third-order valence-corrected chi connectivity index (χ3v) is 6.04. The minimum Gasteiger partial charge on any atom is -0.385 e. The second-order valence-electron chi connectivity index (χ2n) is 8.05. The maximum absolute atomic E-state index is 13.6. The van der Waals surface area contributed by atoms with Crippen molar-refractivity contribution in [1.82, 2.24) is 19.6 Å². The number of likely N-dealkylation sites (tertiary alicyclic amines) is 1. The van der Waals surface area contributed by atoms with Gasteiger partial charge in [0, 0.05) is 47.9 Å².